The molecule has 1 aliphatic carbocycles. The number of piperidine rings is 2. The Labute approximate surface area is 536 Å². The number of fused-ring (bicyclic) bond motifs is 1. The van der Waals surface area contributed by atoms with Crippen LogP contribution in [0.15, 0.2) is 84.5 Å². The molecule has 0 atom stereocenters. The minimum Gasteiger partial charge on any atom is -0.317 e. The molecule has 1 aromatic carbocycles. The molecule has 23 heteroatoms. The van der Waals surface area contributed by atoms with Gasteiger partial charge in [-0.3, -0.25) is 18.2 Å². The smallest absolute Gasteiger partial charge is 0.317 e. The van der Waals surface area contributed by atoms with E-state index in [4.69, 9.17) is 0 Å². The highest BCUT2D eigenvalue weighted by atomic mass is 32.2. The van der Waals surface area contributed by atoms with Crippen LogP contribution >= 0.6 is 0 Å². The standard InChI is InChI=1S/C24H40N5O2.C22H38N5O2.C21H29N5O3S/c1-27(15-17-28(2,18-16-27)23-25-11-8-12-26-23)13-6-7-14-29(3)21(30)19-24(20-22(29)31)9-4-5-10-24;1-22(2)17-19(28)27(5,20(29)18-22)12-7-6-11-25(3)13-15-26(4,16-14-25)21-23-9-8-10-24-21;1-25(14-16-26(2,17-15-25)21-22-10-7-11-23-21)13-6-5-12-24-20(27)18-8-3-4-9-19(18)30(24,28)29/h8,11-12H,4-7,9-10,13-20H2,1-3H3;8-10H,6-7,11-18H2,1-5H3;3-4,7-11H,5-6,12-17H2,1-2H3/q2*+3;+2. The number of likely N-dealkylation sites (tertiary alicyclic amines) is 2. The molecule has 0 N–H and O–H groups in total. The summed E-state index contributed by atoms with van der Waals surface area (Å²) in [6, 6.07) is 12.0. The van der Waals surface area contributed by atoms with Crippen LogP contribution in [0.4, 0.5) is 17.8 Å². The predicted molar refractivity (Wildman–Crippen MR) is 348 cm³/mol. The molecule has 6 aliphatic heterocycles. The van der Waals surface area contributed by atoms with Crippen LogP contribution in [0.2, 0.25) is 0 Å². The molecule has 3 aromatic heterocycles. The monoisotopic (exact) mass is 1270 g/mol. The number of quaternary nitrogens is 8. The van der Waals surface area contributed by atoms with Crippen LogP contribution < -0.4 is 13.4 Å². The second kappa shape index (κ2) is 27.1. The molecule has 90 heavy (non-hydrogen) atoms. The predicted octanol–water partition coefficient (Wildman–Crippen LogP) is 5.98. The van der Waals surface area contributed by atoms with Gasteiger partial charge in [-0.15, -0.1) is 0 Å². The van der Waals surface area contributed by atoms with Crippen LogP contribution in [-0.2, 0) is 29.2 Å². The average Bonchev–Trinajstić information content (AvgIpc) is 1.60. The number of rotatable bonds is 18. The van der Waals surface area contributed by atoms with Crippen LogP contribution in [0.1, 0.15) is 114 Å². The van der Waals surface area contributed by atoms with Crippen LogP contribution in [0.25, 0.3) is 0 Å². The summed E-state index contributed by atoms with van der Waals surface area (Å²) in [5, 5.41) is 0. The van der Waals surface area contributed by atoms with E-state index in [1.165, 1.54) is 18.9 Å². The third-order valence-electron chi connectivity index (χ3n) is 22.4. The second-order valence-electron chi connectivity index (χ2n) is 30.5. The normalized spacial score (nSPS) is 31.7. The van der Waals surface area contributed by atoms with Gasteiger partial charge in [-0.25, -0.2) is 40.9 Å². The first-order valence-corrected chi connectivity index (χ1v) is 34.7. The molecule has 5 saturated heterocycles. The summed E-state index contributed by atoms with van der Waals surface area (Å²) in [5.74, 6) is 2.76. The summed E-state index contributed by atoms with van der Waals surface area (Å²) in [4.78, 5) is 90.7. The molecule has 11 rings (SSSR count). The first-order chi connectivity index (χ1) is 42.4. The van der Waals surface area contributed by atoms with Crippen LogP contribution in [0.5, 0.6) is 0 Å². The largest absolute Gasteiger partial charge is 0.328 e. The molecule has 5 amide bonds. The van der Waals surface area contributed by atoms with Gasteiger partial charge in [0.15, 0.2) is 0 Å². The fourth-order valence-corrected chi connectivity index (χ4v) is 16.6. The van der Waals surface area contributed by atoms with E-state index in [-0.39, 0.29) is 60.4 Å². The van der Waals surface area contributed by atoms with Gasteiger partial charge in [0.25, 0.3) is 15.9 Å². The molecule has 0 radical (unpaired) electrons. The number of amides is 5. The fourth-order valence-electron chi connectivity index (χ4n) is 15.0. The van der Waals surface area contributed by atoms with E-state index in [1.54, 1.807) is 30.6 Å². The van der Waals surface area contributed by atoms with Gasteiger partial charge < -0.3 is 13.4 Å². The number of unbranched alkanes of at least 4 members (excludes halogenated alkanes) is 3. The lowest BCUT2D eigenvalue weighted by Gasteiger charge is -2.44. The first-order valence-electron chi connectivity index (χ1n) is 33.3. The lowest BCUT2D eigenvalue weighted by atomic mass is 9.75. The summed E-state index contributed by atoms with van der Waals surface area (Å²) in [5.41, 5.74) is 0.102. The van der Waals surface area contributed by atoms with Gasteiger partial charge >= 0.3 is 41.5 Å². The first kappa shape index (κ1) is 68.6. The van der Waals surface area contributed by atoms with Gasteiger partial charge in [-0.2, -0.15) is 29.9 Å². The lowest BCUT2D eigenvalue weighted by Crippen LogP contribution is -2.65. The van der Waals surface area contributed by atoms with Gasteiger partial charge in [0.2, 0.25) is 0 Å². The van der Waals surface area contributed by atoms with E-state index >= 15 is 0 Å². The van der Waals surface area contributed by atoms with Crippen molar-refractivity contribution in [2.45, 2.75) is 109 Å². The zero-order valence-electron chi connectivity index (χ0n) is 56.1. The zero-order valence-corrected chi connectivity index (χ0v) is 56.9. The quantitative estimate of drug-likeness (QED) is 0.0641. The highest BCUT2D eigenvalue weighted by Gasteiger charge is 2.54. The maximum absolute atomic E-state index is 13.0. The minimum absolute atomic E-state index is 0.00571. The van der Waals surface area contributed by atoms with E-state index in [2.05, 4.69) is 72.2 Å². The van der Waals surface area contributed by atoms with E-state index in [1.807, 2.05) is 70.9 Å². The van der Waals surface area contributed by atoms with Crippen molar-refractivity contribution in [1.82, 2.24) is 47.7 Å². The third-order valence-corrected chi connectivity index (χ3v) is 24.3. The number of nitrogens with zero attached hydrogens (tertiary/aromatic N) is 15. The van der Waals surface area contributed by atoms with Gasteiger partial charge in [-0.1, -0.05) is 38.8 Å². The number of hydrogen-bond acceptors (Lipinski definition) is 13. The summed E-state index contributed by atoms with van der Waals surface area (Å²) in [6.45, 7) is 21.2. The number of likely N-dealkylation sites (N-methyl/N-ethyl adjacent to an activating group) is 6. The SMILES string of the molecule is CC1(C)CC(=O)[N+](C)(CCCC[N+]2(C)CC[N+](C)(c3ncccn3)CC2)C(=O)C1.C[N+]1(CCCCN2C(=O)c3ccccc3S2(=O)=O)CC[N+](C)(c2ncccn2)CC1.C[N+]1(CCCC[N+]2(C)C(=O)CC3(CCCC3)CC2=O)CC[N+](C)(c2ncccn2)CC1. The van der Waals surface area contributed by atoms with E-state index in [0.717, 1.165) is 192 Å². The second-order valence-corrected chi connectivity index (χ2v) is 32.4. The molecule has 4 aromatic rings. The molecule has 0 unspecified atom stereocenters. The number of piperazine rings is 3. The Bertz CT molecular complexity index is 3250. The maximum atomic E-state index is 13.0. The van der Waals surface area contributed by atoms with Crippen molar-refractivity contribution in [2.75, 3.05) is 174 Å². The third kappa shape index (κ3) is 15.3. The van der Waals surface area contributed by atoms with Crippen molar-refractivity contribution in [1.29, 1.82) is 0 Å². The number of carbonyl (C=O) groups excluding carboxylic acids is 5. The minimum atomic E-state index is -3.70. The Kier molecular flexibility index (Phi) is 20.6. The number of benzene rings is 1. The molecule has 22 nitrogen and oxygen atoms in total. The summed E-state index contributed by atoms with van der Waals surface area (Å²) >= 11 is 0. The molecular formula is C67H107N15O7S+8. The number of imide groups is 2. The highest BCUT2D eigenvalue weighted by Crippen LogP contribution is 2.48. The lowest BCUT2D eigenvalue weighted by molar-refractivity contribution is -0.913. The van der Waals surface area contributed by atoms with Gasteiger partial charge in [0.05, 0.1) is 120 Å². The van der Waals surface area contributed by atoms with Gasteiger partial charge in [0.1, 0.15) is 83.4 Å². The van der Waals surface area contributed by atoms with E-state index in [9.17, 15) is 32.4 Å². The van der Waals surface area contributed by atoms with Crippen molar-refractivity contribution < 1.29 is 54.8 Å². The highest BCUT2D eigenvalue weighted by molar-refractivity contribution is 7.90. The van der Waals surface area contributed by atoms with Crippen LogP contribution in [0.3, 0.4) is 0 Å². The van der Waals surface area contributed by atoms with Crippen molar-refractivity contribution in [3.63, 3.8) is 0 Å². The Morgan fingerprint density at radius 3 is 1.10 bits per heavy atom. The van der Waals surface area contributed by atoms with Crippen molar-refractivity contribution in [3.05, 3.63) is 85.2 Å². The van der Waals surface area contributed by atoms with Crippen molar-refractivity contribution >= 4 is 57.4 Å². The molecule has 6 fully saturated rings. The van der Waals surface area contributed by atoms with Gasteiger partial charge in [0, 0.05) is 69.4 Å². The molecule has 1 saturated carbocycles. The molecule has 0 bridgehead atoms. The Balaban J connectivity index is 0.000000160. The number of sulfonamides is 1. The summed E-state index contributed by atoms with van der Waals surface area (Å²) < 4.78 is 31.7. The van der Waals surface area contributed by atoms with Gasteiger partial charge in [-0.05, 0) is 66.8 Å². The number of carbonyl (C=O) groups is 5. The van der Waals surface area contributed by atoms with Crippen LogP contribution in [0, 0.1) is 10.8 Å². The molecular weight excluding hydrogens is 1160 g/mol. The Morgan fingerprint density at radius 1 is 0.422 bits per heavy atom. The van der Waals surface area contributed by atoms with E-state index in [0.29, 0.717) is 45.2 Å². The van der Waals surface area contributed by atoms with Crippen molar-refractivity contribution in [2.24, 2.45) is 10.8 Å². The van der Waals surface area contributed by atoms with E-state index < -0.39 is 15.9 Å². The molecule has 7 aliphatic rings. The van der Waals surface area contributed by atoms with Crippen molar-refractivity contribution in [3.8, 4) is 0 Å². The average molecular weight is 1270 g/mol. The Hall–Kier alpha value is -5.76. The maximum Gasteiger partial charge on any atom is 0.328 e. The fraction of sp³-hybridized carbons (Fsp3) is 0.657. The number of aromatic nitrogens is 6. The topological polar surface area (TPSA) is 200 Å². The summed E-state index contributed by atoms with van der Waals surface area (Å²) in [6.07, 6.45) is 23.1. The summed E-state index contributed by atoms with van der Waals surface area (Å²) in [7, 11) is 13.5. The van der Waals surface area contributed by atoms with Crippen LogP contribution in [-0.4, -0.2) is 269 Å². The number of hydrogen-bond donors (Lipinski definition) is 0. The molecule has 9 heterocycles. The Morgan fingerprint density at radius 2 is 0.744 bits per heavy atom. The molecule has 1 spiro atoms. The zero-order chi connectivity index (χ0) is 64.9. The molecule has 490 valence electrons.